The Kier molecular flexibility index (Phi) is 7.42. The molecule has 2 amide bonds. The van der Waals surface area contributed by atoms with E-state index in [0.29, 0.717) is 48.3 Å². The number of piperazine rings is 1. The molecule has 1 aromatic carbocycles. The van der Waals surface area contributed by atoms with Gasteiger partial charge in [-0.25, -0.2) is 23.2 Å². The summed E-state index contributed by atoms with van der Waals surface area (Å²) in [6, 6.07) is 6.30. The van der Waals surface area contributed by atoms with Crippen LogP contribution in [0.3, 0.4) is 0 Å². The highest BCUT2D eigenvalue weighted by Gasteiger charge is 2.34. The number of sulfone groups is 1. The van der Waals surface area contributed by atoms with E-state index in [0.717, 1.165) is 5.56 Å². The van der Waals surface area contributed by atoms with E-state index < -0.39 is 27.6 Å². The van der Waals surface area contributed by atoms with E-state index in [-0.39, 0.29) is 23.8 Å². The lowest BCUT2D eigenvalue weighted by atomic mass is 10.0. The van der Waals surface area contributed by atoms with Crippen LogP contribution in [0.4, 0.5) is 10.6 Å². The molecule has 10 nitrogen and oxygen atoms in total. The smallest absolute Gasteiger partial charge is 0.408 e. The summed E-state index contributed by atoms with van der Waals surface area (Å²) in [5, 5.41) is 3.32. The number of hydrogen-bond acceptors (Lipinski definition) is 8. The van der Waals surface area contributed by atoms with E-state index in [4.69, 9.17) is 16.3 Å². The van der Waals surface area contributed by atoms with Gasteiger partial charge < -0.3 is 19.9 Å². The van der Waals surface area contributed by atoms with E-state index in [1.54, 1.807) is 37.8 Å². The van der Waals surface area contributed by atoms with Gasteiger partial charge in [0.2, 0.25) is 5.91 Å². The van der Waals surface area contributed by atoms with Crippen molar-refractivity contribution in [2.45, 2.75) is 50.3 Å². The van der Waals surface area contributed by atoms with Gasteiger partial charge in [0.05, 0.1) is 17.2 Å². The maximum atomic E-state index is 13.5. The molecule has 0 saturated carbocycles. The Morgan fingerprint density at radius 1 is 1.08 bits per heavy atom. The maximum Gasteiger partial charge on any atom is 0.408 e. The first-order chi connectivity index (χ1) is 16.9. The lowest BCUT2D eigenvalue weighted by Gasteiger charge is -2.37. The lowest BCUT2D eigenvalue weighted by molar-refractivity contribution is -0.133. The Labute approximate surface area is 215 Å². The fourth-order valence-corrected chi connectivity index (χ4v) is 5.96. The number of hydrogen-bond donors (Lipinski definition) is 1. The highest BCUT2D eigenvalue weighted by atomic mass is 35.5. The van der Waals surface area contributed by atoms with Crippen molar-refractivity contribution in [3.63, 3.8) is 0 Å². The van der Waals surface area contributed by atoms with Crippen molar-refractivity contribution >= 4 is 39.3 Å². The molecule has 1 unspecified atom stereocenters. The van der Waals surface area contributed by atoms with Crippen LogP contribution in [0.15, 0.2) is 30.6 Å². The zero-order valence-corrected chi connectivity index (χ0v) is 22.1. The fraction of sp³-hybridized carbons (Fsp3) is 0.500. The molecular formula is C24H30ClN5O5S. The van der Waals surface area contributed by atoms with Crippen LogP contribution in [0.2, 0.25) is 5.02 Å². The molecule has 194 valence electrons. The number of nitrogens with zero attached hydrogens (tertiary/aromatic N) is 4. The molecule has 1 fully saturated rings. The molecule has 3 heterocycles. The molecule has 1 aromatic heterocycles. The second-order valence-corrected chi connectivity index (χ2v) is 12.5. The van der Waals surface area contributed by atoms with Gasteiger partial charge in [-0.2, -0.15) is 0 Å². The summed E-state index contributed by atoms with van der Waals surface area (Å²) < 4.78 is 29.6. The maximum absolute atomic E-state index is 13.5. The van der Waals surface area contributed by atoms with E-state index in [1.807, 2.05) is 17.0 Å². The summed E-state index contributed by atoms with van der Waals surface area (Å²) >= 11 is 5.99. The molecule has 4 rings (SSSR count). The number of halogens is 1. The van der Waals surface area contributed by atoms with Crippen LogP contribution in [0.25, 0.3) is 0 Å². The molecule has 0 spiro atoms. The Morgan fingerprint density at radius 3 is 2.39 bits per heavy atom. The van der Waals surface area contributed by atoms with Crippen LogP contribution in [0, 0.1) is 0 Å². The predicted octanol–water partition coefficient (Wildman–Crippen LogP) is 2.34. The van der Waals surface area contributed by atoms with Crippen molar-refractivity contribution in [1.82, 2.24) is 20.2 Å². The molecular weight excluding hydrogens is 506 g/mol. The van der Waals surface area contributed by atoms with Crippen molar-refractivity contribution in [2.75, 3.05) is 31.1 Å². The van der Waals surface area contributed by atoms with Crippen molar-refractivity contribution in [1.29, 1.82) is 0 Å². The van der Waals surface area contributed by atoms with E-state index in [9.17, 15) is 18.0 Å². The SMILES string of the molecule is CC(C)(C)OC(=O)NC(Cc1ccc(Cl)cc1)C(=O)N1CCN(c2ncnc3c2CS(=O)(=O)C3)CC1. The minimum absolute atomic E-state index is 0.0688. The molecule has 2 aliphatic rings. The Morgan fingerprint density at radius 2 is 1.75 bits per heavy atom. The van der Waals surface area contributed by atoms with Crippen LogP contribution >= 0.6 is 11.6 Å². The molecule has 12 heteroatoms. The number of carbonyl (C=O) groups is 2. The molecule has 1 atom stereocenters. The number of fused-ring (bicyclic) bond motifs is 1. The third kappa shape index (κ3) is 6.44. The van der Waals surface area contributed by atoms with Gasteiger partial charge >= 0.3 is 6.09 Å². The average Bonchev–Trinajstić information content (AvgIpc) is 3.12. The topological polar surface area (TPSA) is 122 Å². The zero-order chi connectivity index (χ0) is 26.1. The number of aromatic nitrogens is 2. The molecule has 0 aliphatic carbocycles. The summed E-state index contributed by atoms with van der Waals surface area (Å²) in [5.41, 5.74) is 1.34. The van der Waals surface area contributed by atoms with Crippen LogP contribution < -0.4 is 10.2 Å². The largest absolute Gasteiger partial charge is 0.444 e. The van der Waals surface area contributed by atoms with Gasteiger partial charge in [-0.15, -0.1) is 0 Å². The van der Waals surface area contributed by atoms with Crippen LogP contribution in [-0.2, 0) is 37.3 Å². The number of ether oxygens (including phenoxy) is 1. The molecule has 1 saturated heterocycles. The molecule has 2 aliphatic heterocycles. The Balaban J connectivity index is 1.45. The van der Waals surface area contributed by atoms with E-state index >= 15 is 0 Å². The highest BCUT2D eigenvalue weighted by molar-refractivity contribution is 7.90. The monoisotopic (exact) mass is 535 g/mol. The first kappa shape index (κ1) is 26.2. The van der Waals surface area contributed by atoms with Gasteiger partial charge in [-0.1, -0.05) is 23.7 Å². The molecule has 1 N–H and O–H groups in total. The van der Waals surface area contributed by atoms with Crippen LogP contribution in [0.1, 0.15) is 37.6 Å². The second kappa shape index (κ2) is 10.2. The normalized spacial score (nSPS) is 17.9. The number of rotatable bonds is 5. The molecule has 36 heavy (non-hydrogen) atoms. The fourth-order valence-electron chi connectivity index (χ4n) is 4.33. The Hall–Kier alpha value is -2.92. The van der Waals surface area contributed by atoms with Gasteiger partial charge in [0.15, 0.2) is 9.84 Å². The van der Waals surface area contributed by atoms with Crippen molar-refractivity contribution in [3.8, 4) is 0 Å². The number of nitrogens with one attached hydrogen (secondary N) is 1. The summed E-state index contributed by atoms with van der Waals surface area (Å²) in [4.78, 5) is 38.2. The number of carbonyl (C=O) groups excluding carboxylic acids is 2. The molecule has 0 radical (unpaired) electrons. The van der Waals surface area contributed by atoms with Gasteiger partial charge in [-0.3, -0.25) is 4.79 Å². The second-order valence-electron chi connectivity index (χ2n) is 10.00. The van der Waals surface area contributed by atoms with Crippen molar-refractivity contribution in [3.05, 3.63) is 52.4 Å². The third-order valence-corrected chi connectivity index (χ3v) is 7.66. The van der Waals surface area contributed by atoms with Crippen molar-refractivity contribution < 1.29 is 22.7 Å². The first-order valence-electron chi connectivity index (χ1n) is 11.7. The van der Waals surface area contributed by atoms with Crippen LogP contribution in [0.5, 0.6) is 0 Å². The number of benzene rings is 1. The van der Waals surface area contributed by atoms with Gasteiger partial charge in [0.1, 0.15) is 23.8 Å². The molecule has 2 aromatic rings. The van der Waals surface area contributed by atoms with Crippen molar-refractivity contribution in [2.24, 2.45) is 0 Å². The van der Waals surface area contributed by atoms with Gasteiger partial charge in [0, 0.05) is 43.2 Å². The molecule has 0 bridgehead atoms. The predicted molar refractivity (Wildman–Crippen MR) is 135 cm³/mol. The lowest BCUT2D eigenvalue weighted by Crippen LogP contribution is -2.56. The summed E-state index contributed by atoms with van der Waals surface area (Å²) in [6.45, 7) is 7.05. The average molecular weight is 536 g/mol. The van der Waals surface area contributed by atoms with E-state index in [2.05, 4.69) is 15.3 Å². The minimum Gasteiger partial charge on any atom is -0.444 e. The number of alkyl carbamates (subject to hydrolysis) is 1. The van der Waals surface area contributed by atoms with Crippen LogP contribution in [-0.4, -0.2) is 73.1 Å². The zero-order valence-electron chi connectivity index (χ0n) is 20.5. The summed E-state index contributed by atoms with van der Waals surface area (Å²) in [6.07, 6.45) is 1.01. The first-order valence-corrected chi connectivity index (χ1v) is 13.9. The summed E-state index contributed by atoms with van der Waals surface area (Å²) in [5.74, 6) is 0.253. The number of anilines is 1. The minimum atomic E-state index is -3.21. The Bertz CT molecular complexity index is 1240. The van der Waals surface area contributed by atoms with Gasteiger partial charge in [-0.05, 0) is 38.5 Å². The highest BCUT2D eigenvalue weighted by Crippen LogP contribution is 2.30. The quantitative estimate of drug-likeness (QED) is 0.619. The number of amides is 2. The van der Waals surface area contributed by atoms with Gasteiger partial charge in [0.25, 0.3) is 0 Å². The van der Waals surface area contributed by atoms with E-state index in [1.165, 1.54) is 6.33 Å². The summed E-state index contributed by atoms with van der Waals surface area (Å²) in [7, 11) is -3.21. The third-order valence-electron chi connectivity index (χ3n) is 5.97. The standard InChI is InChI=1S/C24H30ClN5O5S/c1-24(2,3)35-23(32)28-19(12-16-4-6-17(25)7-5-16)22(31)30-10-8-29(9-11-30)21-18-13-36(33,34)14-20(18)26-15-27-21/h4-7,15,19H,8-14H2,1-3H3,(H,28,32).